The van der Waals surface area contributed by atoms with Crippen LogP contribution in [-0.2, 0) is 17.8 Å². The summed E-state index contributed by atoms with van der Waals surface area (Å²) < 4.78 is 12.9. The van der Waals surface area contributed by atoms with Crippen LogP contribution in [0.1, 0.15) is 5.56 Å². The van der Waals surface area contributed by atoms with E-state index in [-0.39, 0.29) is 5.91 Å². The zero-order chi connectivity index (χ0) is 16.6. The monoisotopic (exact) mass is 330 g/mol. The van der Waals surface area contributed by atoms with Crippen molar-refractivity contribution < 1.29 is 14.3 Å². The van der Waals surface area contributed by atoms with E-state index in [0.29, 0.717) is 32.8 Å². The van der Waals surface area contributed by atoms with Crippen molar-refractivity contribution in [3.05, 3.63) is 42.2 Å². The van der Waals surface area contributed by atoms with Crippen LogP contribution in [0.4, 0.5) is 0 Å². The number of nitrogens with one attached hydrogen (secondary N) is 2. The van der Waals surface area contributed by atoms with Crippen LogP contribution in [-0.4, -0.2) is 48.5 Å². The molecule has 2 N–H and O–H groups in total. The molecule has 0 atom stereocenters. The van der Waals surface area contributed by atoms with Crippen molar-refractivity contribution in [3.8, 4) is 11.5 Å². The normalized spacial score (nSPS) is 12.8. The van der Waals surface area contributed by atoms with E-state index in [1.165, 1.54) is 0 Å². The van der Waals surface area contributed by atoms with Crippen molar-refractivity contribution in [1.29, 1.82) is 0 Å². The molecule has 0 unspecified atom stereocenters. The number of fused-ring (bicyclic) bond motifs is 1. The van der Waals surface area contributed by atoms with E-state index in [9.17, 15) is 4.79 Å². The van der Waals surface area contributed by atoms with E-state index < -0.39 is 0 Å². The second-order valence-corrected chi connectivity index (χ2v) is 5.52. The molecule has 0 spiro atoms. The summed E-state index contributed by atoms with van der Waals surface area (Å²) >= 11 is 0. The molecule has 1 aromatic heterocycles. The molecule has 1 aliphatic heterocycles. The fourth-order valence-electron chi connectivity index (χ4n) is 2.48. The predicted molar refractivity (Wildman–Crippen MR) is 89.2 cm³/mol. The molecular formula is C17H22N4O3. The molecule has 2 aromatic rings. The van der Waals surface area contributed by atoms with Crippen molar-refractivity contribution >= 4 is 5.91 Å². The van der Waals surface area contributed by atoms with E-state index in [0.717, 1.165) is 30.0 Å². The van der Waals surface area contributed by atoms with Gasteiger partial charge in [0.05, 0.1) is 13.1 Å². The number of hydrogen-bond acceptors (Lipinski definition) is 5. The molecule has 0 radical (unpaired) electrons. The Morgan fingerprint density at radius 1 is 1.21 bits per heavy atom. The third kappa shape index (κ3) is 4.73. The Morgan fingerprint density at radius 3 is 2.92 bits per heavy atom. The Balaban J connectivity index is 1.31. The summed E-state index contributed by atoms with van der Waals surface area (Å²) in [5.41, 5.74) is 1.12. The van der Waals surface area contributed by atoms with E-state index in [1.54, 1.807) is 6.20 Å². The molecular weight excluding hydrogens is 308 g/mol. The van der Waals surface area contributed by atoms with Crippen molar-refractivity contribution in [2.24, 2.45) is 0 Å². The molecule has 1 aliphatic rings. The van der Waals surface area contributed by atoms with E-state index in [2.05, 4.69) is 15.7 Å². The number of amides is 1. The van der Waals surface area contributed by atoms with Crippen LogP contribution < -0.4 is 20.1 Å². The number of hydrogen-bond donors (Lipinski definition) is 2. The first-order valence-electron chi connectivity index (χ1n) is 8.14. The van der Waals surface area contributed by atoms with Gasteiger partial charge >= 0.3 is 0 Å². The van der Waals surface area contributed by atoms with Crippen LogP contribution in [0, 0.1) is 0 Å². The first-order chi connectivity index (χ1) is 11.8. The molecule has 128 valence electrons. The topological polar surface area (TPSA) is 77.4 Å². The maximum Gasteiger partial charge on any atom is 0.233 e. The lowest BCUT2D eigenvalue weighted by Crippen LogP contribution is -2.36. The highest BCUT2D eigenvalue weighted by atomic mass is 16.6. The number of ether oxygens (including phenoxy) is 2. The maximum atomic E-state index is 11.8. The molecule has 7 nitrogen and oxygen atoms in total. The molecule has 0 fully saturated rings. The summed E-state index contributed by atoms with van der Waals surface area (Å²) in [6.45, 7) is 3.53. The quantitative estimate of drug-likeness (QED) is 0.693. The van der Waals surface area contributed by atoms with Crippen LogP contribution in [0.2, 0.25) is 0 Å². The summed E-state index contributed by atoms with van der Waals surface area (Å²) in [7, 11) is 0. The molecule has 7 heteroatoms. The SMILES string of the molecule is O=C(CNCCn1cccn1)NCCc1ccc2c(c1)OCCO2. The Morgan fingerprint density at radius 2 is 2.08 bits per heavy atom. The van der Waals surface area contributed by atoms with Crippen molar-refractivity contribution in [3.63, 3.8) is 0 Å². The van der Waals surface area contributed by atoms with Gasteiger partial charge in [-0.1, -0.05) is 6.07 Å². The van der Waals surface area contributed by atoms with Gasteiger partial charge in [-0.2, -0.15) is 5.10 Å². The Hall–Kier alpha value is -2.54. The van der Waals surface area contributed by atoms with Crippen LogP contribution >= 0.6 is 0 Å². The molecule has 0 saturated heterocycles. The second-order valence-electron chi connectivity index (χ2n) is 5.52. The van der Waals surface area contributed by atoms with Crippen LogP contribution in [0.3, 0.4) is 0 Å². The summed E-state index contributed by atoms with van der Waals surface area (Å²) in [6.07, 6.45) is 4.40. The van der Waals surface area contributed by atoms with Gasteiger partial charge in [-0.15, -0.1) is 0 Å². The Bertz CT molecular complexity index is 658. The van der Waals surface area contributed by atoms with Crippen LogP contribution in [0.15, 0.2) is 36.7 Å². The molecule has 1 aromatic carbocycles. The first-order valence-corrected chi connectivity index (χ1v) is 8.14. The van der Waals surface area contributed by atoms with Gasteiger partial charge in [-0.05, 0) is 30.2 Å². The third-order valence-electron chi connectivity index (χ3n) is 3.70. The highest BCUT2D eigenvalue weighted by Gasteiger charge is 2.11. The van der Waals surface area contributed by atoms with E-state index in [1.807, 2.05) is 35.1 Å². The van der Waals surface area contributed by atoms with Gasteiger partial charge in [-0.25, -0.2) is 0 Å². The number of carbonyl (C=O) groups excluding carboxylic acids is 1. The molecule has 0 aliphatic carbocycles. The average molecular weight is 330 g/mol. The van der Waals surface area contributed by atoms with Gasteiger partial charge in [0, 0.05) is 25.5 Å². The minimum atomic E-state index is -0.00647. The average Bonchev–Trinajstić information content (AvgIpc) is 3.12. The third-order valence-corrected chi connectivity index (χ3v) is 3.70. The highest BCUT2D eigenvalue weighted by molar-refractivity contribution is 5.77. The van der Waals surface area contributed by atoms with Gasteiger partial charge in [0.2, 0.25) is 5.91 Å². The van der Waals surface area contributed by atoms with E-state index >= 15 is 0 Å². The molecule has 2 heterocycles. The number of aromatic nitrogens is 2. The maximum absolute atomic E-state index is 11.8. The minimum absolute atomic E-state index is 0.00647. The molecule has 0 bridgehead atoms. The fraction of sp³-hybridized carbons (Fsp3) is 0.412. The summed E-state index contributed by atoms with van der Waals surface area (Å²) in [5.74, 6) is 1.56. The van der Waals surface area contributed by atoms with Gasteiger partial charge < -0.3 is 20.1 Å². The van der Waals surface area contributed by atoms with Gasteiger partial charge in [0.15, 0.2) is 11.5 Å². The molecule has 3 rings (SSSR count). The lowest BCUT2D eigenvalue weighted by molar-refractivity contribution is -0.120. The van der Waals surface area contributed by atoms with Crippen LogP contribution in [0.5, 0.6) is 11.5 Å². The van der Waals surface area contributed by atoms with Gasteiger partial charge in [-0.3, -0.25) is 9.48 Å². The van der Waals surface area contributed by atoms with Gasteiger partial charge in [0.1, 0.15) is 13.2 Å². The zero-order valence-corrected chi connectivity index (χ0v) is 13.5. The second kappa shape index (κ2) is 8.35. The van der Waals surface area contributed by atoms with Crippen molar-refractivity contribution in [2.45, 2.75) is 13.0 Å². The summed E-state index contributed by atoms with van der Waals surface area (Å²) in [6, 6.07) is 7.78. The summed E-state index contributed by atoms with van der Waals surface area (Å²) in [4.78, 5) is 11.8. The smallest absolute Gasteiger partial charge is 0.233 e. The highest BCUT2D eigenvalue weighted by Crippen LogP contribution is 2.30. The Labute approximate surface area is 140 Å². The minimum Gasteiger partial charge on any atom is -0.486 e. The standard InChI is InChI=1S/C17H22N4O3/c22-17(13-18-7-9-21-8-1-5-20-21)19-6-4-14-2-3-15-16(12-14)24-11-10-23-15/h1-3,5,8,12,18H,4,6-7,9-11,13H2,(H,19,22). The number of carbonyl (C=O) groups is 1. The Kier molecular flexibility index (Phi) is 5.68. The van der Waals surface area contributed by atoms with E-state index in [4.69, 9.17) is 9.47 Å². The van der Waals surface area contributed by atoms with Crippen molar-refractivity contribution in [1.82, 2.24) is 20.4 Å². The van der Waals surface area contributed by atoms with Crippen LogP contribution in [0.25, 0.3) is 0 Å². The lowest BCUT2D eigenvalue weighted by Gasteiger charge is -2.18. The van der Waals surface area contributed by atoms with Gasteiger partial charge in [0.25, 0.3) is 0 Å². The predicted octanol–water partition coefficient (Wildman–Crippen LogP) is 0.603. The lowest BCUT2D eigenvalue weighted by atomic mass is 10.1. The van der Waals surface area contributed by atoms with Crippen molar-refractivity contribution in [2.75, 3.05) is 32.8 Å². The largest absolute Gasteiger partial charge is 0.486 e. The summed E-state index contributed by atoms with van der Waals surface area (Å²) in [5, 5.41) is 10.1. The first kappa shape index (κ1) is 16.3. The molecule has 0 saturated carbocycles. The number of benzene rings is 1. The molecule has 24 heavy (non-hydrogen) atoms. The zero-order valence-electron chi connectivity index (χ0n) is 13.5. The fourth-order valence-corrected chi connectivity index (χ4v) is 2.48. The number of nitrogens with zero attached hydrogens (tertiary/aromatic N) is 2. The number of rotatable bonds is 8. The molecule has 1 amide bonds.